The number of aliphatic carboxylic acids is 1. The molecule has 0 aromatic heterocycles. The van der Waals surface area contributed by atoms with Crippen LogP contribution in [0.15, 0.2) is 0 Å². The van der Waals surface area contributed by atoms with E-state index in [2.05, 4.69) is 0 Å². The number of aliphatic hydroxyl groups is 1. The van der Waals surface area contributed by atoms with Gasteiger partial charge in [-0.15, -0.1) is 0 Å². The Balaban J connectivity index is 2.49. The summed E-state index contributed by atoms with van der Waals surface area (Å²) in [4.78, 5) is 25.8. The molecule has 0 spiro atoms. The fourth-order valence-corrected chi connectivity index (χ4v) is 1.89. The highest BCUT2D eigenvalue weighted by molar-refractivity contribution is 5.85. The molecule has 1 aliphatic rings. The fourth-order valence-electron chi connectivity index (χ4n) is 1.89. The van der Waals surface area contributed by atoms with Crippen molar-refractivity contribution in [2.75, 3.05) is 33.3 Å². The maximum absolute atomic E-state index is 11.8. The van der Waals surface area contributed by atoms with Crippen LogP contribution in [0, 0.1) is 0 Å². The molecule has 0 radical (unpaired) electrons. The van der Waals surface area contributed by atoms with Gasteiger partial charge < -0.3 is 15.1 Å². The van der Waals surface area contributed by atoms with E-state index in [0.717, 1.165) is 6.42 Å². The predicted octanol–water partition coefficient (Wildman–Crippen LogP) is -1.01. The summed E-state index contributed by atoms with van der Waals surface area (Å²) >= 11 is 0. The molecule has 1 rings (SSSR count). The van der Waals surface area contributed by atoms with Crippen molar-refractivity contribution in [1.82, 2.24) is 9.80 Å². The second-order valence-corrected chi connectivity index (χ2v) is 4.04. The minimum absolute atomic E-state index is 0.00780. The van der Waals surface area contributed by atoms with Gasteiger partial charge in [0, 0.05) is 13.1 Å². The number of aliphatic hydroxyl groups excluding tert-OH is 1. The number of nitrogens with zero attached hydrogens (tertiary/aromatic N) is 2. The number of amides is 1. The van der Waals surface area contributed by atoms with E-state index in [9.17, 15) is 9.59 Å². The number of likely N-dealkylation sites (tertiary alicyclic amines) is 1. The van der Waals surface area contributed by atoms with Crippen molar-refractivity contribution < 1.29 is 19.8 Å². The number of rotatable bonds is 5. The minimum atomic E-state index is -0.935. The molecule has 1 atom stereocenters. The summed E-state index contributed by atoms with van der Waals surface area (Å²) in [5.41, 5.74) is 0. The summed E-state index contributed by atoms with van der Waals surface area (Å²) in [7, 11) is 1.72. The highest BCUT2D eigenvalue weighted by atomic mass is 16.4. The van der Waals surface area contributed by atoms with Crippen LogP contribution >= 0.6 is 0 Å². The van der Waals surface area contributed by atoms with E-state index < -0.39 is 12.0 Å². The Morgan fingerprint density at radius 1 is 1.50 bits per heavy atom. The molecule has 1 aliphatic heterocycles. The van der Waals surface area contributed by atoms with E-state index in [1.807, 2.05) is 0 Å². The number of carbonyl (C=O) groups is 2. The lowest BCUT2D eigenvalue weighted by molar-refractivity contribution is -0.148. The van der Waals surface area contributed by atoms with E-state index in [-0.39, 0.29) is 19.1 Å². The lowest BCUT2D eigenvalue weighted by Crippen LogP contribution is -2.45. The second-order valence-electron chi connectivity index (χ2n) is 4.04. The Kier molecular flexibility index (Phi) is 4.70. The summed E-state index contributed by atoms with van der Waals surface area (Å²) in [5.74, 6) is -1.11. The quantitative estimate of drug-likeness (QED) is 0.632. The van der Waals surface area contributed by atoms with Gasteiger partial charge >= 0.3 is 5.97 Å². The van der Waals surface area contributed by atoms with Gasteiger partial charge in [-0.3, -0.25) is 9.69 Å². The zero-order valence-corrected chi connectivity index (χ0v) is 9.43. The Labute approximate surface area is 94.4 Å². The Morgan fingerprint density at radius 3 is 2.75 bits per heavy atom. The van der Waals surface area contributed by atoms with Crippen LogP contribution in [-0.4, -0.2) is 71.2 Å². The van der Waals surface area contributed by atoms with Crippen LogP contribution in [0.25, 0.3) is 0 Å². The molecule has 1 heterocycles. The van der Waals surface area contributed by atoms with Crippen molar-refractivity contribution in [2.45, 2.75) is 18.9 Å². The number of carbonyl (C=O) groups excluding carboxylic acids is 1. The summed E-state index contributed by atoms with van der Waals surface area (Å²) in [6.45, 7) is 1.08. The predicted molar refractivity (Wildman–Crippen MR) is 57.0 cm³/mol. The van der Waals surface area contributed by atoms with E-state index in [1.165, 1.54) is 4.90 Å². The van der Waals surface area contributed by atoms with Crippen LogP contribution in [0.3, 0.4) is 0 Å². The average molecular weight is 230 g/mol. The van der Waals surface area contributed by atoms with Gasteiger partial charge in [-0.2, -0.15) is 0 Å². The van der Waals surface area contributed by atoms with Gasteiger partial charge in [0.1, 0.15) is 6.04 Å². The van der Waals surface area contributed by atoms with Crippen molar-refractivity contribution in [1.29, 1.82) is 0 Å². The lowest BCUT2D eigenvalue weighted by Gasteiger charge is -2.24. The SMILES string of the molecule is CN(CCO)CC(=O)N1CCCC1C(=O)O. The number of hydrogen-bond acceptors (Lipinski definition) is 4. The first kappa shape index (κ1) is 12.9. The first-order valence-electron chi connectivity index (χ1n) is 5.38. The zero-order valence-electron chi connectivity index (χ0n) is 9.43. The highest BCUT2D eigenvalue weighted by Crippen LogP contribution is 2.17. The molecule has 0 aromatic carbocycles. The second kappa shape index (κ2) is 5.81. The van der Waals surface area contributed by atoms with Gasteiger partial charge in [0.2, 0.25) is 5.91 Å². The summed E-state index contributed by atoms with van der Waals surface area (Å²) < 4.78 is 0. The molecule has 0 aliphatic carbocycles. The minimum Gasteiger partial charge on any atom is -0.480 e. The number of carboxylic acids is 1. The van der Waals surface area contributed by atoms with Crippen molar-refractivity contribution in [3.8, 4) is 0 Å². The van der Waals surface area contributed by atoms with Crippen LogP contribution in [0.4, 0.5) is 0 Å². The number of carboxylic acid groups (broad SMARTS) is 1. The molecule has 16 heavy (non-hydrogen) atoms. The van der Waals surface area contributed by atoms with E-state index >= 15 is 0 Å². The van der Waals surface area contributed by atoms with Gasteiger partial charge in [-0.1, -0.05) is 0 Å². The Morgan fingerprint density at radius 2 is 2.19 bits per heavy atom. The molecule has 1 unspecified atom stereocenters. The molecular weight excluding hydrogens is 212 g/mol. The van der Waals surface area contributed by atoms with Gasteiger partial charge in [0.25, 0.3) is 0 Å². The fraction of sp³-hybridized carbons (Fsp3) is 0.800. The van der Waals surface area contributed by atoms with Crippen molar-refractivity contribution >= 4 is 11.9 Å². The molecule has 6 heteroatoms. The van der Waals surface area contributed by atoms with Gasteiger partial charge in [0.05, 0.1) is 13.2 Å². The van der Waals surface area contributed by atoms with Crippen LogP contribution < -0.4 is 0 Å². The average Bonchev–Trinajstić information content (AvgIpc) is 2.65. The topological polar surface area (TPSA) is 81.1 Å². The van der Waals surface area contributed by atoms with Gasteiger partial charge in [0.15, 0.2) is 0 Å². The lowest BCUT2D eigenvalue weighted by atomic mass is 10.2. The van der Waals surface area contributed by atoms with Gasteiger partial charge in [-0.05, 0) is 19.9 Å². The molecule has 0 saturated carbocycles. The van der Waals surface area contributed by atoms with E-state index in [4.69, 9.17) is 10.2 Å². The largest absolute Gasteiger partial charge is 0.480 e. The normalized spacial score (nSPS) is 20.4. The van der Waals surface area contributed by atoms with Crippen molar-refractivity contribution in [3.05, 3.63) is 0 Å². The van der Waals surface area contributed by atoms with Gasteiger partial charge in [-0.25, -0.2) is 4.79 Å². The zero-order chi connectivity index (χ0) is 12.1. The van der Waals surface area contributed by atoms with Crippen molar-refractivity contribution in [2.24, 2.45) is 0 Å². The van der Waals surface area contributed by atoms with Crippen LogP contribution in [0.2, 0.25) is 0 Å². The van der Waals surface area contributed by atoms with Crippen LogP contribution in [0.5, 0.6) is 0 Å². The van der Waals surface area contributed by atoms with Crippen molar-refractivity contribution in [3.63, 3.8) is 0 Å². The first-order valence-corrected chi connectivity index (χ1v) is 5.38. The highest BCUT2D eigenvalue weighted by Gasteiger charge is 2.33. The molecule has 92 valence electrons. The molecule has 1 saturated heterocycles. The third kappa shape index (κ3) is 3.18. The Bertz CT molecular complexity index is 270. The molecule has 2 N–H and O–H groups in total. The first-order chi connectivity index (χ1) is 7.56. The maximum atomic E-state index is 11.8. The maximum Gasteiger partial charge on any atom is 0.326 e. The summed E-state index contributed by atoms with van der Waals surface area (Å²) in [6, 6.07) is -0.671. The molecule has 1 fully saturated rings. The standard InChI is InChI=1S/C10H18N2O4/c1-11(5-6-13)7-9(14)12-4-2-3-8(12)10(15)16/h8,13H,2-7H2,1H3,(H,15,16). The Hall–Kier alpha value is -1.14. The summed E-state index contributed by atoms with van der Waals surface area (Å²) in [5, 5.41) is 17.6. The third-order valence-corrected chi connectivity index (χ3v) is 2.75. The van der Waals surface area contributed by atoms with Crippen LogP contribution in [-0.2, 0) is 9.59 Å². The molecule has 0 bridgehead atoms. The molecule has 1 amide bonds. The number of hydrogen-bond donors (Lipinski definition) is 2. The third-order valence-electron chi connectivity index (χ3n) is 2.75. The van der Waals surface area contributed by atoms with Crippen LogP contribution in [0.1, 0.15) is 12.8 Å². The molecular formula is C10H18N2O4. The van der Waals surface area contributed by atoms with E-state index in [0.29, 0.717) is 19.5 Å². The monoisotopic (exact) mass is 230 g/mol. The molecule has 0 aromatic rings. The number of likely N-dealkylation sites (N-methyl/N-ethyl adjacent to an activating group) is 1. The van der Waals surface area contributed by atoms with E-state index in [1.54, 1.807) is 11.9 Å². The molecule has 6 nitrogen and oxygen atoms in total. The smallest absolute Gasteiger partial charge is 0.326 e. The summed E-state index contributed by atoms with van der Waals surface area (Å²) in [6.07, 6.45) is 1.28.